The first kappa shape index (κ1) is 23.7. The molecule has 0 spiro atoms. The summed E-state index contributed by atoms with van der Waals surface area (Å²) in [7, 11) is -2.02. The first-order valence-electron chi connectivity index (χ1n) is 9.99. The third-order valence-electron chi connectivity index (χ3n) is 4.74. The summed E-state index contributed by atoms with van der Waals surface area (Å²) in [4.78, 5) is 12.9. The van der Waals surface area contributed by atoms with Crippen LogP contribution in [0.4, 0.5) is 5.69 Å². The van der Waals surface area contributed by atoms with Gasteiger partial charge in [-0.2, -0.15) is 0 Å². The minimum atomic E-state index is -3.62. The lowest BCUT2D eigenvalue weighted by Crippen LogP contribution is -2.42. The van der Waals surface area contributed by atoms with Crippen molar-refractivity contribution in [3.8, 4) is 5.75 Å². The van der Waals surface area contributed by atoms with Crippen molar-refractivity contribution in [1.82, 2.24) is 5.32 Å². The summed E-state index contributed by atoms with van der Waals surface area (Å²) < 4.78 is 31.2. The summed E-state index contributed by atoms with van der Waals surface area (Å²) in [6, 6.07) is 12.8. The van der Waals surface area contributed by atoms with Gasteiger partial charge in [-0.25, -0.2) is 8.42 Å². The second kappa shape index (κ2) is 9.98. The number of aryl methyl sites for hydroxylation is 2. The van der Waals surface area contributed by atoms with Crippen LogP contribution in [0.25, 0.3) is 0 Å². The summed E-state index contributed by atoms with van der Waals surface area (Å²) >= 11 is 0. The molecule has 1 N–H and O–H groups in total. The molecule has 164 valence electrons. The van der Waals surface area contributed by atoms with Gasteiger partial charge in [0, 0.05) is 0 Å². The Bertz CT molecular complexity index is 949. The Morgan fingerprint density at radius 3 is 2.10 bits per heavy atom. The first-order chi connectivity index (χ1) is 14.0. The van der Waals surface area contributed by atoms with E-state index in [0.717, 1.165) is 39.4 Å². The number of nitrogens with one attached hydrogen (secondary N) is 1. The molecule has 0 aliphatic carbocycles. The van der Waals surface area contributed by atoms with Crippen molar-refractivity contribution in [2.75, 3.05) is 24.2 Å². The lowest BCUT2D eigenvalue weighted by atomic mass is 9.97. The Labute approximate surface area is 180 Å². The Balaban J connectivity index is 2.25. The van der Waals surface area contributed by atoms with Gasteiger partial charge in [-0.05, 0) is 67.1 Å². The molecule has 0 bridgehead atoms. The Morgan fingerprint density at radius 1 is 1.07 bits per heavy atom. The van der Waals surface area contributed by atoms with E-state index in [1.165, 1.54) is 0 Å². The second-order valence-corrected chi connectivity index (χ2v) is 10.0. The summed E-state index contributed by atoms with van der Waals surface area (Å²) in [5, 5.41) is 3.02. The van der Waals surface area contributed by atoms with Crippen LogP contribution in [0.3, 0.4) is 0 Å². The molecule has 0 fully saturated rings. The minimum Gasteiger partial charge on any atom is -0.497 e. The molecule has 1 amide bonds. The molecule has 2 aromatic carbocycles. The first-order valence-corrected chi connectivity index (χ1v) is 11.8. The SMILES string of the molecule is COc1ccc([C@H](CC(C)C)NC(=O)CN(c2cc(C)cc(C)c2)S(C)(=O)=O)cc1. The molecule has 0 saturated carbocycles. The van der Waals surface area contributed by atoms with Crippen molar-refractivity contribution in [2.45, 2.75) is 40.2 Å². The highest BCUT2D eigenvalue weighted by Crippen LogP contribution is 2.25. The van der Waals surface area contributed by atoms with Gasteiger partial charge in [-0.3, -0.25) is 9.10 Å². The maximum Gasteiger partial charge on any atom is 0.241 e. The number of benzene rings is 2. The van der Waals surface area contributed by atoms with Gasteiger partial charge in [0.15, 0.2) is 0 Å². The number of amides is 1. The molecule has 0 saturated heterocycles. The van der Waals surface area contributed by atoms with E-state index in [2.05, 4.69) is 19.2 Å². The molecule has 0 aliphatic heterocycles. The zero-order valence-electron chi connectivity index (χ0n) is 18.6. The fourth-order valence-corrected chi connectivity index (χ4v) is 4.29. The summed E-state index contributed by atoms with van der Waals surface area (Å²) in [6.07, 6.45) is 1.85. The molecule has 30 heavy (non-hydrogen) atoms. The average molecular weight is 433 g/mol. The molecule has 7 heteroatoms. The molecule has 2 aromatic rings. The van der Waals surface area contributed by atoms with Crippen molar-refractivity contribution < 1.29 is 17.9 Å². The quantitative estimate of drug-likeness (QED) is 0.650. The smallest absolute Gasteiger partial charge is 0.241 e. The number of rotatable bonds is 9. The van der Waals surface area contributed by atoms with E-state index in [1.807, 2.05) is 44.2 Å². The van der Waals surface area contributed by atoms with E-state index in [1.54, 1.807) is 19.2 Å². The third-order valence-corrected chi connectivity index (χ3v) is 5.88. The average Bonchev–Trinajstić information content (AvgIpc) is 2.63. The lowest BCUT2D eigenvalue weighted by Gasteiger charge is -2.26. The van der Waals surface area contributed by atoms with E-state index in [4.69, 9.17) is 4.74 Å². The molecular formula is C23H32N2O4S. The van der Waals surface area contributed by atoms with Crippen LogP contribution >= 0.6 is 0 Å². The number of hydrogen-bond acceptors (Lipinski definition) is 4. The normalized spacial score (nSPS) is 12.5. The molecular weight excluding hydrogens is 400 g/mol. The lowest BCUT2D eigenvalue weighted by molar-refractivity contribution is -0.120. The summed E-state index contributed by atoms with van der Waals surface area (Å²) in [5.41, 5.74) is 3.33. The van der Waals surface area contributed by atoms with Gasteiger partial charge in [0.05, 0.1) is 25.1 Å². The van der Waals surface area contributed by atoms with Crippen LogP contribution in [0.2, 0.25) is 0 Å². The van der Waals surface area contributed by atoms with Gasteiger partial charge < -0.3 is 10.1 Å². The van der Waals surface area contributed by atoms with Crippen molar-refractivity contribution in [3.63, 3.8) is 0 Å². The number of sulfonamides is 1. The molecule has 0 aromatic heterocycles. The van der Waals surface area contributed by atoms with Crippen LogP contribution in [-0.4, -0.2) is 34.2 Å². The molecule has 0 aliphatic rings. The number of ether oxygens (including phenoxy) is 1. The highest BCUT2D eigenvalue weighted by molar-refractivity contribution is 7.92. The van der Waals surface area contributed by atoms with Crippen molar-refractivity contribution >= 4 is 21.6 Å². The zero-order chi connectivity index (χ0) is 22.5. The minimum absolute atomic E-state index is 0.218. The highest BCUT2D eigenvalue weighted by atomic mass is 32.2. The standard InChI is InChI=1S/C23H32N2O4S/c1-16(2)11-22(19-7-9-21(29-5)10-8-19)24-23(26)15-25(30(6,27)28)20-13-17(3)12-18(4)14-20/h7-10,12-14,16,22H,11,15H2,1-6H3,(H,24,26)/t22-/m0/s1. The molecule has 2 rings (SSSR count). The fourth-order valence-electron chi connectivity index (χ4n) is 3.45. The maximum atomic E-state index is 12.9. The predicted molar refractivity (Wildman–Crippen MR) is 121 cm³/mol. The molecule has 0 radical (unpaired) electrons. The van der Waals surface area contributed by atoms with Gasteiger partial charge >= 0.3 is 0 Å². The van der Waals surface area contributed by atoms with Crippen LogP contribution in [0, 0.1) is 19.8 Å². The Morgan fingerprint density at radius 2 is 1.63 bits per heavy atom. The van der Waals surface area contributed by atoms with Crippen LogP contribution < -0.4 is 14.4 Å². The number of nitrogens with zero attached hydrogens (tertiary/aromatic N) is 1. The van der Waals surface area contributed by atoms with Gasteiger partial charge in [0.25, 0.3) is 0 Å². The number of carbonyl (C=O) groups is 1. The zero-order valence-corrected chi connectivity index (χ0v) is 19.4. The molecule has 1 atom stereocenters. The number of hydrogen-bond donors (Lipinski definition) is 1. The Kier molecular flexibility index (Phi) is 7.89. The van der Waals surface area contributed by atoms with Crippen LogP contribution in [0.1, 0.15) is 43.0 Å². The van der Waals surface area contributed by atoms with Gasteiger partial charge in [-0.1, -0.05) is 32.0 Å². The van der Waals surface area contributed by atoms with Gasteiger partial charge in [-0.15, -0.1) is 0 Å². The van der Waals surface area contributed by atoms with Crippen molar-refractivity contribution in [3.05, 3.63) is 59.2 Å². The van der Waals surface area contributed by atoms with E-state index in [-0.39, 0.29) is 18.5 Å². The summed E-state index contributed by atoms with van der Waals surface area (Å²) in [6.45, 7) is 7.70. The largest absolute Gasteiger partial charge is 0.497 e. The van der Waals surface area contributed by atoms with E-state index < -0.39 is 10.0 Å². The predicted octanol–water partition coefficient (Wildman–Crippen LogP) is 3.98. The van der Waals surface area contributed by atoms with E-state index in [9.17, 15) is 13.2 Å². The van der Waals surface area contributed by atoms with Crippen LogP contribution in [0.15, 0.2) is 42.5 Å². The van der Waals surface area contributed by atoms with Gasteiger partial charge in [0.2, 0.25) is 15.9 Å². The van der Waals surface area contributed by atoms with Crippen LogP contribution in [-0.2, 0) is 14.8 Å². The molecule has 6 nitrogen and oxygen atoms in total. The Hall–Kier alpha value is -2.54. The fraction of sp³-hybridized carbons (Fsp3) is 0.435. The van der Waals surface area contributed by atoms with Crippen molar-refractivity contribution in [1.29, 1.82) is 0 Å². The molecule has 0 unspecified atom stereocenters. The van der Waals surface area contributed by atoms with Gasteiger partial charge in [0.1, 0.15) is 12.3 Å². The number of methoxy groups -OCH3 is 1. The monoisotopic (exact) mass is 432 g/mol. The van der Waals surface area contributed by atoms with E-state index in [0.29, 0.717) is 11.6 Å². The topological polar surface area (TPSA) is 75.7 Å². The molecule has 0 heterocycles. The third kappa shape index (κ3) is 6.76. The van der Waals surface area contributed by atoms with Crippen molar-refractivity contribution in [2.24, 2.45) is 5.92 Å². The summed E-state index contributed by atoms with van der Waals surface area (Å²) in [5.74, 6) is 0.746. The second-order valence-electron chi connectivity index (χ2n) is 8.14. The number of anilines is 1. The maximum absolute atomic E-state index is 12.9. The number of carbonyl (C=O) groups excluding carboxylic acids is 1. The van der Waals surface area contributed by atoms with Crippen LogP contribution in [0.5, 0.6) is 5.75 Å². The van der Waals surface area contributed by atoms with E-state index >= 15 is 0 Å². The highest BCUT2D eigenvalue weighted by Gasteiger charge is 2.24.